The Morgan fingerprint density at radius 1 is 0.569 bits per heavy atom. The Morgan fingerprint density at radius 2 is 1.18 bits per heavy atom. The predicted molar refractivity (Wildman–Crippen MR) is 210 cm³/mol. The molecule has 0 N–H and O–H groups in total. The zero-order valence-corrected chi connectivity index (χ0v) is 34.2. The quantitative estimate of drug-likeness (QED) is 0.165. The molecule has 0 bridgehead atoms. The topological polar surface area (TPSA) is 21.1 Å². The molecule has 5 aromatic rings. The van der Waals surface area contributed by atoms with E-state index in [9.17, 15) is 0 Å². The van der Waals surface area contributed by atoms with Crippen LogP contribution in [0.15, 0.2) is 83.5 Å². The first kappa shape index (κ1) is 35.3. The van der Waals surface area contributed by atoms with Gasteiger partial charge in [-0.25, -0.2) is 0 Å². The van der Waals surface area contributed by atoms with Gasteiger partial charge in [-0.15, -0.1) is 53.3 Å². The molecule has 0 saturated carbocycles. The molecule has 6 nitrogen and oxygen atoms in total. The molecule has 8 rings (SSSR count). The smallest absolute Gasteiger partial charge is 0.508 e. The summed E-state index contributed by atoms with van der Waals surface area (Å²) in [5.41, 5.74) is 16.1. The van der Waals surface area contributed by atoms with Crippen molar-refractivity contribution < 1.29 is 21.1 Å². The fourth-order valence-electron chi connectivity index (χ4n) is 7.53. The number of rotatable bonds is 3. The standard InChI is InChI=1S/C44H48N6.Pt/c1-27-29(3)47(25-45(27)11)33-17-19-39-41(24-33)49(35-21-32(44(8,9)10)20-34(23-35)48-26-46(12)28(2)30(48)4)40-15-13-14-36-37-22-31(43(5,6)7)16-18-38(37)50(39)42(36)40;/h13-22,25-26H,1-12H3;/q-4;+4. The van der Waals surface area contributed by atoms with Gasteiger partial charge in [0.15, 0.2) is 0 Å². The van der Waals surface area contributed by atoms with Crippen LogP contribution in [0, 0.1) is 25.5 Å². The van der Waals surface area contributed by atoms with E-state index in [1.165, 1.54) is 55.7 Å². The Balaban J connectivity index is 0.00000406. The van der Waals surface area contributed by atoms with Crippen molar-refractivity contribution in [3.63, 3.8) is 0 Å². The maximum absolute atomic E-state index is 3.95. The van der Waals surface area contributed by atoms with E-state index < -0.39 is 0 Å². The van der Waals surface area contributed by atoms with E-state index >= 15 is 0 Å². The van der Waals surface area contributed by atoms with Gasteiger partial charge in [0.25, 0.3) is 0 Å². The number of anilines is 5. The van der Waals surface area contributed by atoms with Crippen molar-refractivity contribution in [3.8, 4) is 5.69 Å². The molecule has 0 saturated heterocycles. The van der Waals surface area contributed by atoms with Crippen LogP contribution in [0.3, 0.4) is 0 Å². The molecule has 264 valence electrons. The normalized spacial score (nSPS) is 16.4. The third-order valence-electron chi connectivity index (χ3n) is 11.1. The van der Waals surface area contributed by atoms with E-state index in [1.807, 2.05) is 0 Å². The van der Waals surface area contributed by atoms with E-state index in [2.05, 4.69) is 199 Å². The molecule has 0 atom stereocenters. The number of para-hydroxylation sites is 1. The van der Waals surface area contributed by atoms with Gasteiger partial charge >= 0.3 is 21.1 Å². The molecule has 0 spiro atoms. The molecule has 0 radical (unpaired) electrons. The molecular weight excluding hydrogens is 808 g/mol. The minimum atomic E-state index is -0.0835. The van der Waals surface area contributed by atoms with Crippen molar-refractivity contribution >= 4 is 50.2 Å². The van der Waals surface area contributed by atoms with Crippen LogP contribution in [0.5, 0.6) is 0 Å². The van der Waals surface area contributed by atoms with Gasteiger partial charge in [-0.1, -0.05) is 65.4 Å². The second-order valence-electron chi connectivity index (χ2n) is 16.3. The van der Waals surface area contributed by atoms with Gasteiger partial charge < -0.3 is 29.1 Å². The first-order valence-electron chi connectivity index (χ1n) is 17.7. The SMILES string of the molecule is CC1=C(C)N(c2[c-]c3c(cc2)-n2c4ccc(C(C)(C)C)cc4c4cccc(c42)N3c2[c-]c(N3[CH-]N(C)C(C)=C3C)cc(C(C)(C)C)c2)[CH-]N1C.[Pt+4]. The molecule has 51 heavy (non-hydrogen) atoms. The zero-order valence-electron chi connectivity index (χ0n) is 31.9. The summed E-state index contributed by atoms with van der Waals surface area (Å²) < 4.78 is 2.46. The minimum absolute atomic E-state index is 0. The average Bonchev–Trinajstić information content (AvgIpc) is 3.64. The van der Waals surface area contributed by atoms with Crippen molar-refractivity contribution in [2.75, 3.05) is 28.8 Å². The fourth-order valence-corrected chi connectivity index (χ4v) is 7.53. The minimum Gasteiger partial charge on any atom is -0.508 e. The van der Waals surface area contributed by atoms with E-state index in [1.54, 1.807) is 0 Å². The third-order valence-corrected chi connectivity index (χ3v) is 11.1. The van der Waals surface area contributed by atoms with Crippen molar-refractivity contribution in [1.29, 1.82) is 0 Å². The monoisotopic (exact) mass is 855 g/mol. The van der Waals surface area contributed by atoms with Crippen LogP contribution in [-0.2, 0) is 31.9 Å². The van der Waals surface area contributed by atoms with Crippen LogP contribution in [-0.4, -0.2) is 28.5 Å². The average molecular weight is 856 g/mol. The molecule has 3 aliphatic heterocycles. The zero-order chi connectivity index (χ0) is 35.6. The van der Waals surface area contributed by atoms with Crippen LogP contribution in [0.2, 0.25) is 0 Å². The van der Waals surface area contributed by atoms with Gasteiger partial charge in [-0.05, 0) is 99.2 Å². The molecule has 4 aromatic carbocycles. The van der Waals surface area contributed by atoms with Gasteiger partial charge in [-0.3, -0.25) is 0 Å². The summed E-state index contributed by atoms with van der Waals surface area (Å²) in [6, 6.07) is 30.8. The Morgan fingerprint density at radius 3 is 1.76 bits per heavy atom. The predicted octanol–water partition coefficient (Wildman–Crippen LogP) is 11.0. The van der Waals surface area contributed by atoms with Gasteiger partial charge in [-0.2, -0.15) is 13.3 Å². The Labute approximate surface area is 318 Å². The second-order valence-corrected chi connectivity index (χ2v) is 16.3. The summed E-state index contributed by atoms with van der Waals surface area (Å²) in [6.45, 7) is 26.8. The first-order valence-corrected chi connectivity index (χ1v) is 17.7. The Bertz CT molecular complexity index is 2290. The molecule has 1 aromatic heterocycles. The molecule has 3 aliphatic rings. The second kappa shape index (κ2) is 11.9. The van der Waals surface area contributed by atoms with Crippen molar-refractivity contribution in [1.82, 2.24) is 14.4 Å². The number of benzene rings is 4. The molecular formula is C44H48N6Pt. The van der Waals surface area contributed by atoms with E-state index in [0.717, 1.165) is 34.1 Å². The summed E-state index contributed by atoms with van der Waals surface area (Å²) in [5, 5.41) is 2.53. The molecule has 0 amide bonds. The van der Waals surface area contributed by atoms with Gasteiger partial charge in [0, 0.05) is 27.7 Å². The van der Waals surface area contributed by atoms with Crippen LogP contribution < -0.4 is 14.7 Å². The summed E-state index contributed by atoms with van der Waals surface area (Å²) in [4.78, 5) is 11.3. The van der Waals surface area contributed by atoms with E-state index in [0.29, 0.717) is 0 Å². The molecule has 0 unspecified atom stereocenters. The maximum atomic E-state index is 3.95. The number of nitrogens with zero attached hydrogens (tertiary/aromatic N) is 6. The fraction of sp³-hybridized carbons (Fsp3) is 0.318. The van der Waals surface area contributed by atoms with E-state index in [4.69, 9.17) is 0 Å². The van der Waals surface area contributed by atoms with E-state index in [-0.39, 0.29) is 31.9 Å². The summed E-state index contributed by atoms with van der Waals surface area (Å²) in [7, 11) is 4.22. The van der Waals surface area contributed by atoms with Crippen molar-refractivity contribution in [2.45, 2.75) is 80.1 Å². The van der Waals surface area contributed by atoms with Gasteiger partial charge in [0.2, 0.25) is 0 Å². The van der Waals surface area contributed by atoms with Crippen LogP contribution in [0.4, 0.5) is 28.4 Å². The van der Waals surface area contributed by atoms with Crippen LogP contribution in [0.1, 0.15) is 80.4 Å². The number of hydrogen-bond acceptors (Lipinski definition) is 5. The molecule has 4 heterocycles. The summed E-state index contributed by atoms with van der Waals surface area (Å²) >= 11 is 0. The molecule has 7 heteroatoms. The molecule has 0 fully saturated rings. The van der Waals surface area contributed by atoms with Crippen LogP contribution >= 0.6 is 0 Å². The Hall–Kier alpha value is -4.15. The molecule has 0 aliphatic carbocycles. The van der Waals surface area contributed by atoms with Crippen LogP contribution in [0.25, 0.3) is 27.5 Å². The van der Waals surface area contributed by atoms with Gasteiger partial charge in [0.05, 0.1) is 11.2 Å². The van der Waals surface area contributed by atoms with Crippen molar-refractivity contribution in [3.05, 3.63) is 120 Å². The summed E-state index contributed by atoms with van der Waals surface area (Å²) in [5.74, 6) is 0. The number of aromatic nitrogens is 1. The summed E-state index contributed by atoms with van der Waals surface area (Å²) in [6.07, 6.45) is 0. The third kappa shape index (κ3) is 5.39. The maximum Gasteiger partial charge on any atom is 4.00 e. The number of fused-ring (bicyclic) bond motifs is 5. The first-order chi connectivity index (χ1) is 23.5. The Kier molecular flexibility index (Phi) is 8.26. The number of allylic oxidation sites excluding steroid dienone is 4. The number of hydrogen-bond donors (Lipinski definition) is 0. The largest absolute Gasteiger partial charge is 4.00 e. The van der Waals surface area contributed by atoms with Crippen molar-refractivity contribution in [2.24, 2.45) is 0 Å². The van der Waals surface area contributed by atoms with Gasteiger partial charge in [0.1, 0.15) is 0 Å².